The van der Waals surface area contributed by atoms with Gasteiger partial charge in [-0.05, 0) is 59.3 Å². The molecule has 0 amide bonds. The number of pyridine rings is 1. The average Bonchev–Trinajstić information content (AvgIpc) is 2.90. The Morgan fingerprint density at radius 2 is 1.64 bits per heavy atom. The van der Waals surface area contributed by atoms with Crippen molar-refractivity contribution >= 4 is 45.1 Å². The highest BCUT2D eigenvalue weighted by Gasteiger charge is 2.34. The van der Waals surface area contributed by atoms with E-state index in [1.54, 1.807) is 11.9 Å². The van der Waals surface area contributed by atoms with E-state index in [4.69, 9.17) is 0 Å². The minimum atomic E-state index is -4.49. The first-order valence-corrected chi connectivity index (χ1v) is 12.3. The van der Waals surface area contributed by atoms with E-state index in [1.807, 2.05) is 32.0 Å². The summed E-state index contributed by atoms with van der Waals surface area (Å²) in [5.74, 6) is 0.226. The van der Waals surface area contributed by atoms with Crippen molar-refractivity contribution in [2.45, 2.75) is 57.7 Å². The Morgan fingerprint density at radius 3 is 2.24 bits per heavy atom. The van der Waals surface area contributed by atoms with Crippen LogP contribution < -0.4 is 9.62 Å². The highest BCUT2D eigenvalue weighted by Crippen LogP contribution is 2.43. The summed E-state index contributed by atoms with van der Waals surface area (Å²) in [7, 11) is 0. The molecule has 0 aliphatic carbocycles. The second-order valence-electron chi connectivity index (χ2n) is 8.39. The van der Waals surface area contributed by atoms with Gasteiger partial charge in [0.1, 0.15) is 11.5 Å². The van der Waals surface area contributed by atoms with E-state index in [0.717, 1.165) is 21.1 Å². The first kappa shape index (κ1) is 25.4. The fourth-order valence-electron chi connectivity index (χ4n) is 3.29. The number of nitrogens with zero attached hydrogens (tertiary/aromatic N) is 2. The molecule has 0 spiro atoms. The molecule has 3 nitrogen and oxygen atoms in total. The molecule has 8 heteroatoms. The normalized spacial score (nSPS) is 13.2. The van der Waals surface area contributed by atoms with Gasteiger partial charge in [0.05, 0.1) is 17.9 Å². The summed E-state index contributed by atoms with van der Waals surface area (Å²) in [4.78, 5) is 4.91. The van der Waals surface area contributed by atoms with Crippen LogP contribution in [0.3, 0.4) is 0 Å². The Balaban J connectivity index is 0.00000149. The average molecular weight is 538 g/mol. The number of rotatable bonds is 2. The van der Waals surface area contributed by atoms with Crippen molar-refractivity contribution in [2.24, 2.45) is 0 Å². The second-order valence-corrected chi connectivity index (χ2v) is 10.4. The zero-order valence-corrected chi connectivity index (χ0v) is 21.6. The van der Waals surface area contributed by atoms with Gasteiger partial charge >= 0.3 is 6.18 Å². The molecule has 4 rings (SSSR count). The summed E-state index contributed by atoms with van der Waals surface area (Å²) < 4.78 is 42.5. The first-order chi connectivity index (χ1) is 15.5. The van der Waals surface area contributed by atoms with Crippen molar-refractivity contribution in [2.75, 3.05) is 9.62 Å². The SMILES string of the molecule is CC.CC(C)(C)c1ccc(SN2Cc3ccc(C(F)(F)F)nc3Nc3ccc(Br)cc32)cc1. The predicted octanol–water partition coefficient (Wildman–Crippen LogP) is 8.96. The Morgan fingerprint density at radius 1 is 0.970 bits per heavy atom. The number of benzene rings is 2. The summed E-state index contributed by atoms with van der Waals surface area (Å²) in [6.45, 7) is 10.9. The molecular weight excluding hydrogens is 511 g/mol. The molecule has 176 valence electrons. The number of alkyl halides is 3. The predicted molar refractivity (Wildman–Crippen MR) is 135 cm³/mol. The summed E-state index contributed by atoms with van der Waals surface area (Å²) in [6.07, 6.45) is -4.49. The summed E-state index contributed by atoms with van der Waals surface area (Å²) >= 11 is 5.05. The maximum absolute atomic E-state index is 13.2. The molecule has 1 aliphatic heterocycles. The van der Waals surface area contributed by atoms with E-state index < -0.39 is 11.9 Å². The molecule has 1 N–H and O–H groups in total. The molecule has 1 aromatic heterocycles. The zero-order chi connectivity index (χ0) is 24.4. The van der Waals surface area contributed by atoms with Crippen LogP contribution in [0, 0.1) is 0 Å². The minimum absolute atomic E-state index is 0.0635. The number of aromatic nitrogens is 1. The Bertz CT molecular complexity index is 1110. The van der Waals surface area contributed by atoms with Crippen LogP contribution in [0.2, 0.25) is 0 Å². The topological polar surface area (TPSA) is 28.2 Å². The van der Waals surface area contributed by atoms with E-state index in [0.29, 0.717) is 17.8 Å². The summed E-state index contributed by atoms with van der Waals surface area (Å²) in [5.41, 5.74) is 2.66. The van der Waals surface area contributed by atoms with Gasteiger partial charge < -0.3 is 9.62 Å². The van der Waals surface area contributed by atoms with Crippen LogP contribution in [0.15, 0.2) is 64.0 Å². The third-order valence-corrected chi connectivity index (χ3v) is 6.52. The number of nitrogens with one attached hydrogen (secondary N) is 1. The number of halogens is 4. The first-order valence-electron chi connectivity index (χ1n) is 10.7. The van der Waals surface area contributed by atoms with Crippen molar-refractivity contribution in [1.29, 1.82) is 0 Å². The smallest absolute Gasteiger partial charge is 0.338 e. The van der Waals surface area contributed by atoms with Crippen LogP contribution in [-0.2, 0) is 18.1 Å². The lowest BCUT2D eigenvalue weighted by atomic mass is 9.87. The molecular formula is C25H27BrF3N3S. The third-order valence-electron chi connectivity index (χ3n) is 5.00. The minimum Gasteiger partial charge on any atom is -0.338 e. The summed E-state index contributed by atoms with van der Waals surface area (Å²) in [6, 6.07) is 16.6. The van der Waals surface area contributed by atoms with Gasteiger partial charge in [0, 0.05) is 14.9 Å². The lowest BCUT2D eigenvalue weighted by Gasteiger charge is -2.24. The molecule has 0 fully saturated rings. The van der Waals surface area contributed by atoms with Gasteiger partial charge in [-0.3, -0.25) is 0 Å². The molecule has 2 aromatic carbocycles. The molecule has 0 bridgehead atoms. The fraction of sp³-hybridized carbons (Fsp3) is 0.320. The van der Waals surface area contributed by atoms with Gasteiger partial charge in [0.2, 0.25) is 0 Å². The molecule has 3 aromatic rings. The van der Waals surface area contributed by atoms with E-state index in [9.17, 15) is 13.2 Å². The van der Waals surface area contributed by atoms with E-state index in [1.165, 1.54) is 11.6 Å². The largest absolute Gasteiger partial charge is 0.433 e. The van der Waals surface area contributed by atoms with Crippen molar-refractivity contribution in [3.05, 3.63) is 75.9 Å². The third kappa shape index (κ3) is 6.03. The maximum Gasteiger partial charge on any atom is 0.433 e. The van der Waals surface area contributed by atoms with Crippen molar-refractivity contribution < 1.29 is 13.2 Å². The van der Waals surface area contributed by atoms with Crippen molar-refractivity contribution in [1.82, 2.24) is 4.98 Å². The molecule has 0 radical (unpaired) electrons. The van der Waals surface area contributed by atoms with Crippen LogP contribution in [0.4, 0.5) is 30.4 Å². The van der Waals surface area contributed by atoms with E-state index >= 15 is 0 Å². The Labute approximate surface area is 206 Å². The van der Waals surface area contributed by atoms with E-state index in [2.05, 4.69) is 75.6 Å². The lowest BCUT2D eigenvalue weighted by Crippen LogP contribution is -2.14. The molecule has 2 heterocycles. The molecule has 1 aliphatic rings. The van der Waals surface area contributed by atoms with Crippen molar-refractivity contribution in [3.63, 3.8) is 0 Å². The highest BCUT2D eigenvalue weighted by molar-refractivity contribution is 9.10. The lowest BCUT2D eigenvalue weighted by molar-refractivity contribution is -0.141. The van der Waals surface area contributed by atoms with Gasteiger partial charge in [0.15, 0.2) is 0 Å². The van der Waals surface area contributed by atoms with Gasteiger partial charge in [-0.25, -0.2) is 4.98 Å². The number of hydrogen-bond donors (Lipinski definition) is 1. The Kier molecular flexibility index (Phi) is 7.69. The van der Waals surface area contributed by atoms with Crippen LogP contribution in [-0.4, -0.2) is 4.98 Å². The van der Waals surface area contributed by atoms with Gasteiger partial charge in [-0.1, -0.05) is 68.7 Å². The standard InChI is InChI=1S/C23H21BrF3N3S.C2H6/c1-22(2,3)15-5-8-17(9-6-15)31-30-13-14-4-11-20(23(25,26)27)29-21(14)28-18-10-7-16(24)12-19(18)30;1-2/h4-12H,13H2,1-3H3,(H,28,29);1-2H3. The Hall–Kier alpha value is -2.19. The molecule has 0 saturated carbocycles. The number of fused-ring (bicyclic) bond motifs is 2. The molecule has 33 heavy (non-hydrogen) atoms. The van der Waals surface area contributed by atoms with Crippen molar-refractivity contribution in [3.8, 4) is 0 Å². The van der Waals surface area contributed by atoms with Gasteiger partial charge in [-0.2, -0.15) is 13.2 Å². The van der Waals surface area contributed by atoms with Crippen LogP contribution in [0.25, 0.3) is 0 Å². The van der Waals surface area contributed by atoms with Gasteiger partial charge in [0.25, 0.3) is 0 Å². The molecule has 0 atom stereocenters. The second kappa shape index (κ2) is 9.97. The zero-order valence-electron chi connectivity index (χ0n) is 19.2. The van der Waals surface area contributed by atoms with Crippen LogP contribution in [0.5, 0.6) is 0 Å². The summed E-state index contributed by atoms with van der Waals surface area (Å²) in [5, 5.41) is 3.10. The van der Waals surface area contributed by atoms with Crippen LogP contribution in [0.1, 0.15) is 51.4 Å². The molecule has 0 saturated heterocycles. The van der Waals surface area contributed by atoms with E-state index in [-0.39, 0.29) is 11.2 Å². The number of anilines is 3. The molecule has 0 unspecified atom stereocenters. The quantitative estimate of drug-likeness (QED) is 0.330. The maximum atomic E-state index is 13.2. The fourth-order valence-corrected chi connectivity index (χ4v) is 4.60. The highest BCUT2D eigenvalue weighted by atomic mass is 79.9. The number of hydrogen-bond acceptors (Lipinski definition) is 4. The van der Waals surface area contributed by atoms with Gasteiger partial charge in [-0.15, -0.1) is 0 Å². The van der Waals surface area contributed by atoms with Crippen LogP contribution >= 0.6 is 27.9 Å². The monoisotopic (exact) mass is 537 g/mol.